The number of imide groups is 1. The maximum atomic E-state index is 13.7. The van der Waals surface area contributed by atoms with Gasteiger partial charge in [-0.1, -0.05) is 61.5 Å². The lowest BCUT2D eigenvalue weighted by molar-refractivity contribution is 0.0148. The van der Waals surface area contributed by atoms with Gasteiger partial charge >= 0.3 is 6.03 Å². The third-order valence-corrected chi connectivity index (χ3v) is 4.89. The van der Waals surface area contributed by atoms with Crippen molar-refractivity contribution in [2.75, 3.05) is 5.32 Å². The number of nitrogens with one attached hydrogen (secondary N) is 3. The zero-order valence-corrected chi connectivity index (χ0v) is 18.8. The topological polar surface area (TPSA) is 79.5 Å². The van der Waals surface area contributed by atoms with Crippen LogP contribution in [-0.4, -0.2) is 11.9 Å². The van der Waals surface area contributed by atoms with Crippen molar-refractivity contribution in [3.05, 3.63) is 107 Å². The van der Waals surface area contributed by atoms with Crippen LogP contribution in [-0.2, 0) is 4.84 Å². The molecule has 0 spiro atoms. The predicted octanol–water partition coefficient (Wildman–Crippen LogP) is 5.96. The number of rotatable bonds is 8. The molecule has 0 aliphatic heterocycles. The fourth-order valence-electron chi connectivity index (χ4n) is 3.14. The fraction of sp³-hybridized carbons (Fsp3) is 0.154. The standard InChI is InChI=1S/C26H25F2N3O3/c1-3-8-23(19-9-5-4-6-10-19)31-34-17(2)18-13-15-20(16-14-18)29-26(33)30-25(32)24-21(27)11-7-12-22(24)28/h4-17,31H,3H2,1-2H3,(H2,29,30,32,33). The molecular formula is C26H25F2N3O3. The Balaban J connectivity index is 1.56. The molecule has 0 aliphatic rings. The quantitative estimate of drug-likeness (QED) is 0.359. The van der Waals surface area contributed by atoms with Gasteiger partial charge < -0.3 is 5.32 Å². The molecule has 0 aliphatic carbocycles. The monoisotopic (exact) mass is 465 g/mol. The zero-order valence-electron chi connectivity index (χ0n) is 18.8. The van der Waals surface area contributed by atoms with Crippen molar-refractivity contribution >= 4 is 23.3 Å². The van der Waals surface area contributed by atoms with Crippen LogP contribution in [0.3, 0.4) is 0 Å². The van der Waals surface area contributed by atoms with Crippen LogP contribution in [0.5, 0.6) is 0 Å². The van der Waals surface area contributed by atoms with Crippen LogP contribution in [0.2, 0.25) is 0 Å². The number of hydroxylamine groups is 1. The molecule has 3 aromatic rings. The van der Waals surface area contributed by atoms with Gasteiger partial charge in [0.15, 0.2) is 0 Å². The molecule has 6 nitrogen and oxygen atoms in total. The maximum absolute atomic E-state index is 13.7. The Morgan fingerprint density at radius 2 is 1.59 bits per heavy atom. The van der Waals surface area contributed by atoms with Crippen molar-refractivity contribution in [2.45, 2.75) is 26.4 Å². The maximum Gasteiger partial charge on any atom is 0.326 e. The van der Waals surface area contributed by atoms with E-state index in [0.717, 1.165) is 41.4 Å². The van der Waals surface area contributed by atoms with E-state index in [0.29, 0.717) is 5.69 Å². The summed E-state index contributed by atoms with van der Waals surface area (Å²) in [5, 5.41) is 4.37. The Morgan fingerprint density at radius 1 is 0.941 bits per heavy atom. The number of anilines is 1. The Bertz CT molecular complexity index is 1150. The number of urea groups is 1. The number of allylic oxidation sites excluding steroid dienone is 1. The first-order valence-electron chi connectivity index (χ1n) is 10.7. The Morgan fingerprint density at radius 3 is 2.21 bits per heavy atom. The molecule has 3 rings (SSSR count). The molecule has 3 aromatic carbocycles. The van der Waals surface area contributed by atoms with Gasteiger partial charge in [-0.2, -0.15) is 0 Å². The van der Waals surface area contributed by atoms with Crippen molar-refractivity contribution in [2.24, 2.45) is 0 Å². The normalized spacial score (nSPS) is 12.1. The molecule has 3 amide bonds. The number of hydrogen-bond donors (Lipinski definition) is 3. The highest BCUT2D eigenvalue weighted by Crippen LogP contribution is 2.20. The average Bonchev–Trinajstić information content (AvgIpc) is 2.82. The second kappa shape index (κ2) is 11.7. The SMILES string of the molecule is CCC=C(NOC(C)c1ccc(NC(=O)NC(=O)c2c(F)cccc2F)cc1)c1ccccc1. The lowest BCUT2D eigenvalue weighted by Crippen LogP contribution is -2.35. The van der Waals surface area contributed by atoms with E-state index in [1.54, 1.807) is 24.3 Å². The smallest absolute Gasteiger partial charge is 0.308 e. The van der Waals surface area contributed by atoms with E-state index in [2.05, 4.69) is 10.8 Å². The van der Waals surface area contributed by atoms with E-state index >= 15 is 0 Å². The summed E-state index contributed by atoms with van der Waals surface area (Å²) in [7, 11) is 0. The number of benzene rings is 3. The molecule has 0 saturated heterocycles. The summed E-state index contributed by atoms with van der Waals surface area (Å²) in [5.74, 6) is -3.28. The molecule has 1 atom stereocenters. The number of carbonyl (C=O) groups excluding carboxylic acids is 2. The fourth-order valence-corrected chi connectivity index (χ4v) is 3.14. The molecule has 8 heteroatoms. The van der Waals surface area contributed by atoms with Crippen molar-refractivity contribution in [3.63, 3.8) is 0 Å². The van der Waals surface area contributed by atoms with E-state index in [1.807, 2.05) is 55.6 Å². The molecule has 0 bridgehead atoms. The summed E-state index contributed by atoms with van der Waals surface area (Å²) in [6.45, 7) is 3.91. The second-order valence-electron chi connectivity index (χ2n) is 7.38. The second-order valence-corrected chi connectivity index (χ2v) is 7.38. The van der Waals surface area contributed by atoms with Crippen molar-refractivity contribution < 1.29 is 23.2 Å². The van der Waals surface area contributed by atoms with Crippen LogP contribution in [0, 0.1) is 11.6 Å². The minimum absolute atomic E-state index is 0.308. The van der Waals surface area contributed by atoms with Crippen molar-refractivity contribution in [3.8, 4) is 0 Å². The summed E-state index contributed by atoms with van der Waals surface area (Å²) >= 11 is 0. The first-order valence-corrected chi connectivity index (χ1v) is 10.7. The van der Waals surface area contributed by atoms with Gasteiger partial charge in [0.2, 0.25) is 0 Å². The molecule has 0 saturated carbocycles. The van der Waals surface area contributed by atoms with Crippen LogP contribution in [0.15, 0.2) is 78.9 Å². The van der Waals surface area contributed by atoms with Gasteiger partial charge in [0.1, 0.15) is 23.3 Å². The van der Waals surface area contributed by atoms with Crippen molar-refractivity contribution in [1.29, 1.82) is 0 Å². The number of halogens is 2. The van der Waals surface area contributed by atoms with Gasteiger partial charge in [0.25, 0.3) is 5.91 Å². The summed E-state index contributed by atoms with van der Waals surface area (Å²) < 4.78 is 27.4. The van der Waals surface area contributed by atoms with Gasteiger partial charge in [0, 0.05) is 5.69 Å². The van der Waals surface area contributed by atoms with Gasteiger partial charge in [-0.3, -0.25) is 20.4 Å². The molecule has 1 unspecified atom stereocenters. The highest BCUT2D eigenvalue weighted by molar-refractivity contribution is 6.08. The lowest BCUT2D eigenvalue weighted by atomic mass is 10.1. The number of carbonyl (C=O) groups is 2. The molecule has 34 heavy (non-hydrogen) atoms. The largest absolute Gasteiger partial charge is 0.326 e. The van der Waals surface area contributed by atoms with Crippen molar-refractivity contribution in [1.82, 2.24) is 10.8 Å². The predicted molar refractivity (Wildman–Crippen MR) is 127 cm³/mol. The van der Waals surface area contributed by atoms with E-state index in [-0.39, 0.29) is 6.10 Å². The van der Waals surface area contributed by atoms with Crippen LogP contribution in [0.4, 0.5) is 19.3 Å². The molecule has 176 valence electrons. The third kappa shape index (κ3) is 6.49. The van der Waals surface area contributed by atoms with Gasteiger partial charge in [0.05, 0.1) is 5.70 Å². The van der Waals surface area contributed by atoms with Crippen LogP contribution >= 0.6 is 0 Å². The first-order chi connectivity index (χ1) is 16.4. The zero-order chi connectivity index (χ0) is 24.5. The Labute approximate surface area is 196 Å². The van der Waals surface area contributed by atoms with Gasteiger partial charge in [-0.05, 0) is 48.7 Å². The van der Waals surface area contributed by atoms with E-state index in [1.165, 1.54) is 0 Å². The van der Waals surface area contributed by atoms with Gasteiger partial charge in [-0.15, -0.1) is 0 Å². The molecule has 0 fully saturated rings. The van der Waals surface area contributed by atoms with E-state index in [4.69, 9.17) is 4.84 Å². The molecule has 0 aromatic heterocycles. The van der Waals surface area contributed by atoms with Crippen LogP contribution in [0.1, 0.15) is 47.9 Å². The highest BCUT2D eigenvalue weighted by Gasteiger charge is 2.19. The highest BCUT2D eigenvalue weighted by atomic mass is 19.1. The molecule has 0 radical (unpaired) electrons. The summed E-state index contributed by atoms with van der Waals surface area (Å²) in [4.78, 5) is 29.9. The average molecular weight is 466 g/mol. The summed E-state index contributed by atoms with van der Waals surface area (Å²) in [6.07, 6.45) is 2.56. The number of amides is 3. The minimum atomic E-state index is -1.17. The summed E-state index contributed by atoms with van der Waals surface area (Å²) in [6, 6.07) is 18.7. The third-order valence-electron chi connectivity index (χ3n) is 4.89. The first kappa shape index (κ1) is 24.6. The lowest BCUT2D eigenvalue weighted by Gasteiger charge is -2.17. The molecule has 3 N–H and O–H groups in total. The molecular weight excluding hydrogens is 440 g/mol. The summed E-state index contributed by atoms with van der Waals surface area (Å²) in [5.41, 5.74) is 5.29. The van der Waals surface area contributed by atoms with E-state index < -0.39 is 29.1 Å². The van der Waals surface area contributed by atoms with E-state index in [9.17, 15) is 18.4 Å². The van der Waals surface area contributed by atoms with Gasteiger partial charge in [-0.25, -0.2) is 13.6 Å². The number of hydrogen-bond acceptors (Lipinski definition) is 4. The molecule has 0 heterocycles. The Kier molecular flexibility index (Phi) is 8.48. The van der Waals surface area contributed by atoms with Crippen LogP contribution in [0.25, 0.3) is 5.70 Å². The Hall–Kier alpha value is -4.04. The minimum Gasteiger partial charge on any atom is -0.308 e. The van der Waals surface area contributed by atoms with Crippen LogP contribution < -0.4 is 16.1 Å².